The van der Waals surface area contributed by atoms with Gasteiger partial charge >= 0.3 is 0 Å². The highest BCUT2D eigenvalue weighted by molar-refractivity contribution is 5.81. The van der Waals surface area contributed by atoms with E-state index in [-0.39, 0.29) is 11.8 Å². The second-order valence-electron chi connectivity index (χ2n) is 8.11. The molecular weight excluding hydrogens is 418 g/mol. The van der Waals surface area contributed by atoms with Crippen LogP contribution < -0.4 is 14.8 Å². The number of para-hydroxylation sites is 2. The molecule has 2 unspecified atom stereocenters. The minimum atomic E-state index is -0.502. The molecular formula is C26H35N3O4. The van der Waals surface area contributed by atoms with Crippen molar-refractivity contribution in [1.29, 1.82) is 0 Å². The fraction of sp³-hybridized carbons (Fsp3) is 0.462. The molecule has 3 rings (SSSR count). The highest BCUT2D eigenvalue weighted by Crippen LogP contribution is 2.15. The Morgan fingerprint density at radius 3 is 1.85 bits per heavy atom. The number of piperazine rings is 1. The van der Waals surface area contributed by atoms with Gasteiger partial charge in [-0.3, -0.25) is 14.5 Å². The zero-order valence-electron chi connectivity index (χ0n) is 19.6. The maximum atomic E-state index is 12.9. The number of benzene rings is 2. The third-order valence-corrected chi connectivity index (χ3v) is 5.76. The minimum absolute atomic E-state index is 0.0400. The Morgan fingerprint density at radius 1 is 0.818 bits per heavy atom. The van der Waals surface area contributed by atoms with E-state index >= 15 is 0 Å². The molecule has 1 N–H and O–H groups in total. The van der Waals surface area contributed by atoms with Crippen LogP contribution in [0.4, 0.5) is 0 Å². The van der Waals surface area contributed by atoms with E-state index < -0.39 is 12.2 Å². The predicted octanol–water partition coefficient (Wildman–Crippen LogP) is 2.96. The first kappa shape index (κ1) is 24.6. The molecule has 33 heavy (non-hydrogen) atoms. The molecule has 0 aliphatic carbocycles. The number of carbonyl (C=O) groups excluding carboxylic acids is 2. The monoisotopic (exact) mass is 453 g/mol. The van der Waals surface area contributed by atoms with Crippen LogP contribution in [-0.4, -0.2) is 73.1 Å². The number of rotatable bonds is 11. The summed E-state index contributed by atoms with van der Waals surface area (Å²) in [5.41, 5.74) is 0. The van der Waals surface area contributed by atoms with Gasteiger partial charge in [0.05, 0.1) is 0 Å². The average Bonchev–Trinajstić information content (AvgIpc) is 2.87. The number of hydrogen-bond donors (Lipinski definition) is 1. The van der Waals surface area contributed by atoms with Gasteiger partial charge in [0.2, 0.25) is 0 Å². The van der Waals surface area contributed by atoms with Gasteiger partial charge in [-0.1, -0.05) is 50.2 Å². The third-order valence-electron chi connectivity index (χ3n) is 5.76. The van der Waals surface area contributed by atoms with E-state index in [1.807, 2.05) is 79.4 Å². The van der Waals surface area contributed by atoms with Crippen molar-refractivity contribution < 1.29 is 19.1 Å². The molecule has 7 heteroatoms. The lowest BCUT2D eigenvalue weighted by Gasteiger charge is -2.36. The SMILES string of the molecule is CCC(Oc1ccccc1)C(=O)NCCN1CCN(C(=O)C(CC)Oc2ccccc2)CC1. The molecule has 1 fully saturated rings. The summed E-state index contributed by atoms with van der Waals surface area (Å²) in [5.74, 6) is 1.35. The molecule has 0 radical (unpaired) electrons. The van der Waals surface area contributed by atoms with E-state index in [2.05, 4.69) is 10.2 Å². The van der Waals surface area contributed by atoms with Crippen LogP contribution in [0, 0.1) is 0 Å². The van der Waals surface area contributed by atoms with Crippen molar-refractivity contribution in [1.82, 2.24) is 15.1 Å². The second-order valence-corrected chi connectivity index (χ2v) is 8.11. The highest BCUT2D eigenvalue weighted by atomic mass is 16.5. The van der Waals surface area contributed by atoms with Crippen molar-refractivity contribution in [3.63, 3.8) is 0 Å². The zero-order valence-corrected chi connectivity index (χ0v) is 19.6. The number of nitrogens with zero attached hydrogens (tertiary/aromatic N) is 2. The second kappa shape index (κ2) is 12.8. The summed E-state index contributed by atoms with van der Waals surface area (Å²) in [5, 5.41) is 2.98. The van der Waals surface area contributed by atoms with Gasteiger partial charge in [-0.2, -0.15) is 0 Å². The molecule has 7 nitrogen and oxygen atoms in total. The summed E-state index contributed by atoms with van der Waals surface area (Å²) < 4.78 is 11.7. The van der Waals surface area contributed by atoms with Crippen LogP contribution in [0.3, 0.4) is 0 Å². The molecule has 0 saturated carbocycles. The molecule has 0 aromatic heterocycles. The van der Waals surface area contributed by atoms with Crippen LogP contribution >= 0.6 is 0 Å². The standard InChI is InChI=1S/C26H35N3O4/c1-3-23(32-21-11-7-5-8-12-21)25(30)27-15-16-28-17-19-29(20-18-28)26(31)24(4-2)33-22-13-9-6-10-14-22/h5-14,23-24H,3-4,15-20H2,1-2H3,(H,27,30). The number of ether oxygens (including phenoxy) is 2. The molecule has 2 atom stereocenters. The van der Waals surface area contributed by atoms with Gasteiger partial charge < -0.3 is 19.7 Å². The Hall–Kier alpha value is -3.06. The number of amides is 2. The summed E-state index contributed by atoms with van der Waals surface area (Å²) in [6, 6.07) is 18.9. The van der Waals surface area contributed by atoms with E-state index in [9.17, 15) is 9.59 Å². The molecule has 2 aromatic carbocycles. The van der Waals surface area contributed by atoms with E-state index in [0.29, 0.717) is 44.0 Å². The van der Waals surface area contributed by atoms with Crippen LogP contribution in [0.5, 0.6) is 11.5 Å². The fourth-order valence-electron chi connectivity index (χ4n) is 3.80. The molecule has 2 amide bonds. The number of hydrogen-bond acceptors (Lipinski definition) is 5. The van der Waals surface area contributed by atoms with Gasteiger partial charge in [-0.15, -0.1) is 0 Å². The summed E-state index contributed by atoms with van der Waals surface area (Å²) in [4.78, 5) is 29.6. The smallest absolute Gasteiger partial charge is 0.263 e. The lowest BCUT2D eigenvalue weighted by Crippen LogP contribution is -2.53. The average molecular weight is 454 g/mol. The van der Waals surface area contributed by atoms with Gasteiger partial charge in [-0.25, -0.2) is 0 Å². The Bertz CT molecular complexity index is 852. The van der Waals surface area contributed by atoms with Gasteiger partial charge in [0.15, 0.2) is 12.2 Å². The summed E-state index contributed by atoms with van der Waals surface area (Å²) in [7, 11) is 0. The molecule has 0 spiro atoms. The maximum Gasteiger partial charge on any atom is 0.263 e. The van der Waals surface area contributed by atoms with Crippen LogP contribution in [-0.2, 0) is 9.59 Å². The Balaban J connectivity index is 1.38. The summed E-state index contributed by atoms with van der Waals surface area (Å²) in [6.07, 6.45) is 0.265. The summed E-state index contributed by atoms with van der Waals surface area (Å²) >= 11 is 0. The van der Waals surface area contributed by atoms with Crippen LogP contribution in [0.2, 0.25) is 0 Å². The largest absolute Gasteiger partial charge is 0.481 e. The van der Waals surface area contributed by atoms with Gasteiger partial charge in [0.25, 0.3) is 11.8 Å². The predicted molar refractivity (Wildman–Crippen MR) is 128 cm³/mol. The number of nitrogens with one attached hydrogen (secondary N) is 1. The van der Waals surface area contributed by atoms with E-state index in [4.69, 9.17) is 9.47 Å². The normalized spacial score (nSPS) is 16.0. The minimum Gasteiger partial charge on any atom is -0.481 e. The van der Waals surface area contributed by atoms with Crippen molar-refractivity contribution in [2.24, 2.45) is 0 Å². The lowest BCUT2D eigenvalue weighted by molar-refractivity contribution is -0.140. The van der Waals surface area contributed by atoms with Crippen molar-refractivity contribution in [2.75, 3.05) is 39.3 Å². The maximum absolute atomic E-state index is 12.9. The molecule has 1 heterocycles. The van der Waals surface area contributed by atoms with Gasteiger partial charge in [-0.05, 0) is 37.1 Å². The quantitative estimate of drug-likeness (QED) is 0.567. The Morgan fingerprint density at radius 2 is 1.33 bits per heavy atom. The molecule has 1 aliphatic heterocycles. The van der Waals surface area contributed by atoms with E-state index in [0.717, 1.165) is 19.6 Å². The molecule has 178 valence electrons. The third kappa shape index (κ3) is 7.49. The van der Waals surface area contributed by atoms with Gasteiger partial charge in [0.1, 0.15) is 11.5 Å². The first-order chi connectivity index (χ1) is 16.1. The van der Waals surface area contributed by atoms with Crippen LogP contribution in [0.1, 0.15) is 26.7 Å². The first-order valence-corrected chi connectivity index (χ1v) is 11.8. The fourth-order valence-corrected chi connectivity index (χ4v) is 3.80. The number of carbonyl (C=O) groups is 2. The summed E-state index contributed by atoms with van der Waals surface area (Å²) in [6.45, 7) is 8.09. The molecule has 0 bridgehead atoms. The van der Waals surface area contributed by atoms with Crippen molar-refractivity contribution in [3.05, 3.63) is 60.7 Å². The highest BCUT2D eigenvalue weighted by Gasteiger charge is 2.28. The molecule has 1 aliphatic rings. The van der Waals surface area contributed by atoms with E-state index in [1.54, 1.807) is 0 Å². The van der Waals surface area contributed by atoms with Crippen molar-refractivity contribution in [2.45, 2.75) is 38.9 Å². The Kier molecular flexibility index (Phi) is 9.57. The van der Waals surface area contributed by atoms with E-state index in [1.165, 1.54) is 0 Å². The van der Waals surface area contributed by atoms with Crippen LogP contribution in [0.15, 0.2) is 60.7 Å². The first-order valence-electron chi connectivity index (χ1n) is 11.8. The van der Waals surface area contributed by atoms with Gasteiger partial charge in [0, 0.05) is 39.3 Å². The van der Waals surface area contributed by atoms with Crippen molar-refractivity contribution in [3.8, 4) is 11.5 Å². The Labute approximate surface area is 196 Å². The molecule has 1 saturated heterocycles. The lowest BCUT2D eigenvalue weighted by atomic mass is 10.2. The topological polar surface area (TPSA) is 71.1 Å². The molecule has 2 aromatic rings. The van der Waals surface area contributed by atoms with Crippen molar-refractivity contribution >= 4 is 11.8 Å². The van der Waals surface area contributed by atoms with Crippen LogP contribution in [0.25, 0.3) is 0 Å². The zero-order chi connectivity index (χ0) is 23.5.